The lowest BCUT2D eigenvalue weighted by molar-refractivity contribution is -0.147. The number of nitrogens with one attached hydrogen (secondary N) is 1. The number of anilines is 3. The number of hydrogen-bond donors (Lipinski definition) is 2. The number of carbonyl (C=O) groups is 1. The topological polar surface area (TPSA) is 138 Å². The summed E-state index contributed by atoms with van der Waals surface area (Å²) < 4.78 is 41.3. The molecule has 40 heavy (non-hydrogen) atoms. The number of benzene rings is 1. The summed E-state index contributed by atoms with van der Waals surface area (Å²) >= 11 is 5.90. The van der Waals surface area contributed by atoms with Gasteiger partial charge in [-0.3, -0.25) is 4.79 Å². The molecule has 3 aliphatic rings. The van der Waals surface area contributed by atoms with Gasteiger partial charge in [0, 0.05) is 36.7 Å². The molecule has 1 fully saturated rings. The monoisotopic (exact) mass is 584 g/mol. The smallest absolute Gasteiger partial charge is 0.314 e. The van der Waals surface area contributed by atoms with Crippen LogP contribution in [0, 0.1) is 5.82 Å². The fourth-order valence-electron chi connectivity index (χ4n) is 5.52. The summed E-state index contributed by atoms with van der Waals surface area (Å²) in [6.07, 6.45) is 8.10. The highest BCUT2D eigenvalue weighted by Crippen LogP contribution is 2.45. The Bertz CT molecular complexity index is 1640. The second-order valence-electron chi connectivity index (χ2n) is 10.3. The average Bonchev–Trinajstić information content (AvgIpc) is 2.89. The molecule has 0 amide bonds. The van der Waals surface area contributed by atoms with Gasteiger partial charge in [0.05, 0.1) is 21.9 Å². The summed E-state index contributed by atoms with van der Waals surface area (Å²) in [5.74, 6) is -0.679. The Hall–Kier alpha value is -3.64. The summed E-state index contributed by atoms with van der Waals surface area (Å²) in [7, 11) is -3.65. The molecule has 2 N–H and O–H groups in total. The first-order chi connectivity index (χ1) is 19.2. The molecule has 1 aliphatic carbocycles. The van der Waals surface area contributed by atoms with Gasteiger partial charge in [0.2, 0.25) is 5.95 Å². The number of halogens is 2. The molecule has 208 valence electrons. The first kappa shape index (κ1) is 26.6. The van der Waals surface area contributed by atoms with Gasteiger partial charge >= 0.3 is 5.97 Å². The van der Waals surface area contributed by atoms with Crippen molar-refractivity contribution in [2.75, 3.05) is 29.1 Å². The number of carboxylic acid groups (broad SMARTS) is 1. The predicted octanol–water partition coefficient (Wildman–Crippen LogP) is 4.32. The van der Waals surface area contributed by atoms with E-state index in [1.54, 1.807) is 18.5 Å². The highest BCUT2D eigenvalue weighted by molar-refractivity contribution is 7.91. The molecule has 1 aromatic carbocycles. The summed E-state index contributed by atoms with van der Waals surface area (Å²) in [5, 5.41) is 13.2. The number of aliphatic carboxylic acids is 1. The number of aromatic nitrogens is 4. The molecule has 13 heteroatoms. The van der Waals surface area contributed by atoms with Crippen molar-refractivity contribution in [1.82, 2.24) is 19.9 Å². The van der Waals surface area contributed by atoms with E-state index >= 15 is 4.39 Å². The summed E-state index contributed by atoms with van der Waals surface area (Å²) in [5.41, 5.74) is 0.578. The molecule has 2 aliphatic heterocycles. The molecule has 0 spiro atoms. The normalized spacial score (nSPS) is 19.2. The number of sulfone groups is 1. The van der Waals surface area contributed by atoms with Crippen LogP contribution in [-0.2, 0) is 26.5 Å². The highest BCUT2D eigenvalue weighted by Gasteiger charge is 2.47. The Labute approximate surface area is 235 Å². The van der Waals surface area contributed by atoms with Gasteiger partial charge in [-0.1, -0.05) is 30.2 Å². The van der Waals surface area contributed by atoms with Crippen LogP contribution in [0.1, 0.15) is 49.2 Å². The zero-order valence-electron chi connectivity index (χ0n) is 21.4. The van der Waals surface area contributed by atoms with E-state index < -0.39 is 27.0 Å². The second kappa shape index (κ2) is 10.1. The van der Waals surface area contributed by atoms with E-state index in [-0.39, 0.29) is 27.7 Å². The van der Waals surface area contributed by atoms with Gasteiger partial charge in [0.1, 0.15) is 10.7 Å². The van der Waals surface area contributed by atoms with Crippen molar-refractivity contribution in [3.8, 4) is 0 Å². The van der Waals surface area contributed by atoms with Crippen molar-refractivity contribution in [1.29, 1.82) is 0 Å². The van der Waals surface area contributed by atoms with Crippen LogP contribution in [0.3, 0.4) is 0 Å². The largest absolute Gasteiger partial charge is 0.481 e. The van der Waals surface area contributed by atoms with Gasteiger partial charge in [-0.05, 0) is 49.8 Å². The van der Waals surface area contributed by atoms with Crippen LogP contribution in [-0.4, -0.2) is 58.3 Å². The fourth-order valence-corrected chi connectivity index (χ4v) is 7.24. The van der Waals surface area contributed by atoms with E-state index in [4.69, 9.17) is 11.6 Å². The molecular weight excluding hydrogens is 559 g/mol. The minimum atomic E-state index is -3.65. The van der Waals surface area contributed by atoms with E-state index in [1.165, 1.54) is 12.1 Å². The van der Waals surface area contributed by atoms with Gasteiger partial charge in [-0.2, -0.15) is 4.98 Å². The van der Waals surface area contributed by atoms with Gasteiger partial charge in [-0.15, -0.1) is 0 Å². The number of hydrogen-bond acceptors (Lipinski definition) is 9. The minimum Gasteiger partial charge on any atom is -0.481 e. The van der Waals surface area contributed by atoms with E-state index in [0.29, 0.717) is 67.7 Å². The number of nitrogens with zero attached hydrogens (tertiary/aromatic N) is 5. The Balaban J connectivity index is 1.32. The van der Waals surface area contributed by atoms with Gasteiger partial charge in [0.15, 0.2) is 21.5 Å². The molecule has 3 aromatic rings. The Morgan fingerprint density at radius 2 is 1.90 bits per heavy atom. The van der Waals surface area contributed by atoms with E-state index in [9.17, 15) is 18.3 Å². The zero-order valence-corrected chi connectivity index (χ0v) is 23.0. The zero-order chi connectivity index (χ0) is 28.1. The molecule has 0 atom stereocenters. The number of carboxylic acids is 1. The van der Waals surface area contributed by atoms with Gasteiger partial charge < -0.3 is 15.3 Å². The molecule has 4 heterocycles. The molecule has 10 nitrogen and oxygen atoms in total. The SMILES string of the molecule is O=C(O)C1(c2ccc(Nc3nc(N4CC=C(c5ncc(Cl)cn5)CC4)nc4c3S(=O)(=O)CCC4)cc2F)CCC1. The molecular formula is C27H26ClFN6O4S. The van der Waals surface area contributed by atoms with Crippen molar-refractivity contribution in [3.05, 3.63) is 64.6 Å². The lowest BCUT2D eigenvalue weighted by Gasteiger charge is -2.38. The Morgan fingerprint density at radius 3 is 2.52 bits per heavy atom. The van der Waals surface area contributed by atoms with Crippen LogP contribution >= 0.6 is 11.6 Å². The van der Waals surface area contributed by atoms with Crippen molar-refractivity contribution < 1.29 is 22.7 Å². The van der Waals surface area contributed by atoms with Crippen LogP contribution < -0.4 is 10.2 Å². The van der Waals surface area contributed by atoms with Crippen LogP contribution in [0.5, 0.6) is 0 Å². The molecule has 6 rings (SSSR count). The fraction of sp³-hybridized carbons (Fsp3) is 0.370. The third-order valence-corrected chi connectivity index (χ3v) is 9.90. The molecule has 0 saturated heterocycles. The molecule has 0 bridgehead atoms. The second-order valence-corrected chi connectivity index (χ2v) is 12.8. The number of aryl methyl sites for hydroxylation is 1. The predicted molar refractivity (Wildman–Crippen MR) is 147 cm³/mol. The third-order valence-electron chi connectivity index (χ3n) is 7.82. The molecule has 0 radical (unpaired) electrons. The lowest BCUT2D eigenvalue weighted by atomic mass is 9.64. The quantitative estimate of drug-likeness (QED) is 0.430. The molecule has 2 aromatic heterocycles. The summed E-state index contributed by atoms with van der Waals surface area (Å²) in [6, 6.07) is 4.22. The highest BCUT2D eigenvalue weighted by atomic mass is 35.5. The standard InChI is InChI=1S/C27H26ClFN6O4S/c28-17-14-30-23(31-15-17)16-6-10-35(11-7-16)26-33-21-3-1-12-40(38,39)22(21)24(34-26)32-18-4-5-19(20(29)13-18)27(25(36)37)8-2-9-27/h4-6,13-15H,1-3,7-12H2,(H,36,37)(H,32,33,34). The summed E-state index contributed by atoms with van der Waals surface area (Å²) in [4.78, 5) is 31.6. The first-order valence-electron chi connectivity index (χ1n) is 13.0. The Kier molecular flexibility index (Phi) is 6.70. The van der Waals surface area contributed by atoms with Crippen molar-refractivity contribution in [2.24, 2.45) is 0 Å². The third kappa shape index (κ3) is 4.68. The number of fused-ring (bicyclic) bond motifs is 1. The van der Waals surface area contributed by atoms with Gasteiger partial charge in [0.25, 0.3) is 0 Å². The van der Waals surface area contributed by atoms with Crippen LogP contribution in [0.15, 0.2) is 41.6 Å². The van der Waals surface area contributed by atoms with Crippen molar-refractivity contribution in [3.63, 3.8) is 0 Å². The maximum Gasteiger partial charge on any atom is 0.314 e. The van der Waals surface area contributed by atoms with E-state index in [1.807, 2.05) is 11.0 Å². The van der Waals surface area contributed by atoms with Crippen LogP contribution in [0.4, 0.5) is 21.8 Å². The first-order valence-corrected chi connectivity index (χ1v) is 15.1. The average molecular weight is 585 g/mol. The lowest BCUT2D eigenvalue weighted by Crippen LogP contribution is -2.43. The Morgan fingerprint density at radius 1 is 1.12 bits per heavy atom. The van der Waals surface area contributed by atoms with Crippen molar-refractivity contribution in [2.45, 2.75) is 48.8 Å². The minimum absolute atomic E-state index is 0.0239. The van der Waals surface area contributed by atoms with Crippen molar-refractivity contribution >= 4 is 50.4 Å². The van der Waals surface area contributed by atoms with Gasteiger partial charge in [-0.25, -0.2) is 27.8 Å². The summed E-state index contributed by atoms with van der Waals surface area (Å²) in [6.45, 7) is 1.02. The maximum atomic E-state index is 15.2. The molecule has 1 saturated carbocycles. The van der Waals surface area contributed by atoms with Crippen LogP contribution in [0.25, 0.3) is 5.57 Å². The van der Waals surface area contributed by atoms with E-state index in [0.717, 1.165) is 12.0 Å². The number of rotatable bonds is 6. The maximum absolute atomic E-state index is 15.2. The molecule has 0 unspecified atom stereocenters. The van der Waals surface area contributed by atoms with E-state index in [2.05, 4.69) is 25.3 Å². The van der Waals surface area contributed by atoms with Crippen LogP contribution in [0.2, 0.25) is 5.02 Å².